The molecule has 1 aromatic carbocycles. The molecule has 3 heteroatoms. The van der Waals surface area contributed by atoms with Crippen LogP contribution in [-0.2, 0) is 0 Å². The van der Waals surface area contributed by atoms with Gasteiger partial charge in [-0.3, -0.25) is 0 Å². The zero-order valence-corrected chi connectivity index (χ0v) is 8.49. The minimum atomic E-state index is 0.0597. The molecule has 0 fully saturated rings. The summed E-state index contributed by atoms with van der Waals surface area (Å²) in [6, 6.07) is 5.94. The highest BCUT2D eigenvalue weighted by Crippen LogP contribution is 2.34. The van der Waals surface area contributed by atoms with Crippen LogP contribution in [0.2, 0.25) is 0 Å². The lowest BCUT2D eigenvalue weighted by Crippen LogP contribution is -2.16. The Morgan fingerprint density at radius 1 is 1.21 bits per heavy atom. The lowest BCUT2D eigenvalue weighted by molar-refractivity contribution is 0.174. The van der Waals surface area contributed by atoms with Crippen molar-refractivity contribution < 1.29 is 9.47 Å². The van der Waals surface area contributed by atoms with Gasteiger partial charge in [-0.2, -0.15) is 0 Å². The van der Waals surface area contributed by atoms with Gasteiger partial charge in [0.05, 0.1) is 0 Å². The monoisotopic (exact) mass is 193 g/mol. The van der Waals surface area contributed by atoms with Crippen molar-refractivity contribution in [3.8, 4) is 11.5 Å². The molecule has 76 valence electrons. The molecule has 1 aromatic rings. The number of hydrogen-bond acceptors (Lipinski definition) is 3. The van der Waals surface area contributed by atoms with Crippen LogP contribution in [0.25, 0.3) is 0 Å². The molecular formula is C11H15NO2. The van der Waals surface area contributed by atoms with Gasteiger partial charge in [0, 0.05) is 6.04 Å². The second kappa shape index (κ2) is 3.50. The molecule has 0 spiro atoms. The molecular weight excluding hydrogens is 178 g/mol. The van der Waals surface area contributed by atoms with Crippen LogP contribution in [0.5, 0.6) is 11.5 Å². The second-order valence-electron chi connectivity index (χ2n) is 3.88. The Morgan fingerprint density at radius 2 is 1.93 bits per heavy atom. The lowest BCUT2D eigenvalue weighted by Gasteiger charge is -2.16. The average molecular weight is 193 g/mol. The summed E-state index contributed by atoms with van der Waals surface area (Å²) in [4.78, 5) is 0. The molecule has 2 N–H and O–H groups in total. The summed E-state index contributed by atoms with van der Waals surface area (Å²) >= 11 is 0. The smallest absolute Gasteiger partial charge is 0.231 e. The van der Waals surface area contributed by atoms with Gasteiger partial charge >= 0.3 is 0 Å². The Balaban J connectivity index is 2.28. The Bertz CT molecular complexity index is 336. The minimum absolute atomic E-state index is 0.0597. The Kier molecular flexibility index (Phi) is 2.33. The van der Waals surface area contributed by atoms with Crippen molar-refractivity contribution in [2.24, 2.45) is 11.7 Å². The summed E-state index contributed by atoms with van der Waals surface area (Å²) in [6.45, 7) is 4.53. The van der Waals surface area contributed by atoms with Crippen LogP contribution in [0.1, 0.15) is 25.5 Å². The molecule has 1 aliphatic heterocycles. The molecule has 0 radical (unpaired) electrons. The predicted molar refractivity (Wildman–Crippen MR) is 54.3 cm³/mol. The second-order valence-corrected chi connectivity index (χ2v) is 3.88. The van der Waals surface area contributed by atoms with E-state index in [-0.39, 0.29) is 6.04 Å². The van der Waals surface area contributed by atoms with Crippen LogP contribution >= 0.6 is 0 Å². The summed E-state index contributed by atoms with van der Waals surface area (Å²) in [5.74, 6) is 2.04. The number of nitrogens with two attached hydrogens (primary N) is 1. The molecule has 0 aromatic heterocycles. The van der Waals surface area contributed by atoms with E-state index < -0.39 is 0 Å². The first kappa shape index (κ1) is 9.34. The van der Waals surface area contributed by atoms with Gasteiger partial charge in [0.15, 0.2) is 11.5 Å². The van der Waals surface area contributed by atoms with E-state index in [0.29, 0.717) is 12.7 Å². The third-order valence-electron chi connectivity index (χ3n) is 2.50. The molecule has 1 aliphatic rings. The van der Waals surface area contributed by atoms with E-state index in [4.69, 9.17) is 15.2 Å². The summed E-state index contributed by atoms with van der Waals surface area (Å²) in [6.07, 6.45) is 0. The maximum atomic E-state index is 6.04. The standard InChI is InChI=1S/C11H15NO2/c1-7(2)11(12)8-3-4-9-10(5-8)14-6-13-9/h3-5,7,11H,6,12H2,1-2H3. The van der Waals surface area contributed by atoms with Crippen LogP contribution in [0.15, 0.2) is 18.2 Å². The molecule has 0 saturated heterocycles. The van der Waals surface area contributed by atoms with Crippen molar-refractivity contribution >= 4 is 0 Å². The van der Waals surface area contributed by atoms with Crippen molar-refractivity contribution in [3.63, 3.8) is 0 Å². The molecule has 0 saturated carbocycles. The number of benzene rings is 1. The third kappa shape index (κ3) is 1.55. The largest absolute Gasteiger partial charge is 0.454 e. The van der Waals surface area contributed by atoms with E-state index >= 15 is 0 Å². The van der Waals surface area contributed by atoms with Crippen LogP contribution in [0, 0.1) is 5.92 Å². The van der Waals surface area contributed by atoms with Crippen molar-refractivity contribution in [2.45, 2.75) is 19.9 Å². The van der Waals surface area contributed by atoms with Gasteiger partial charge in [-0.15, -0.1) is 0 Å². The van der Waals surface area contributed by atoms with Crippen LogP contribution < -0.4 is 15.2 Å². The van der Waals surface area contributed by atoms with Gasteiger partial charge < -0.3 is 15.2 Å². The average Bonchev–Trinajstić information content (AvgIpc) is 2.62. The van der Waals surface area contributed by atoms with E-state index in [2.05, 4.69) is 13.8 Å². The van der Waals surface area contributed by atoms with Gasteiger partial charge in [0.1, 0.15) is 0 Å². The van der Waals surface area contributed by atoms with Gasteiger partial charge in [-0.25, -0.2) is 0 Å². The first-order valence-corrected chi connectivity index (χ1v) is 4.83. The van der Waals surface area contributed by atoms with E-state index in [1.807, 2.05) is 18.2 Å². The number of fused-ring (bicyclic) bond motifs is 1. The third-order valence-corrected chi connectivity index (χ3v) is 2.50. The SMILES string of the molecule is CC(C)C(N)c1ccc2c(c1)OCO2. The fraction of sp³-hybridized carbons (Fsp3) is 0.455. The molecule has 14 heavy (non-hydrogen) atoms. The maximum absolute atomic E-state index is 6.04. The molecule has 1 unspecified atom stereocenters. The first-order chi connectivity index (χ1) is 6.68. The normalized spacial score (nSPS) is 16.0. The fourth-order valence-corrected chi connectivity index (χ4v) is 1.51. The molecule has 0 aliphatic carbocycles. The maximum Gasteiger partial charge on any atom is 0.231 e. The predicted octanol–water partition coefficient (Wildman–Crippen LogP) is 2.07. The Labute approximate surface area is 83.8 Å². The Hall–Kier alpha value is -1.22. The fourth-order valence-electron chi connectivity index (χ4n) is 1.51. The highest BCUT2D eigenvalue weighted by Gasteiger charge is 2.17. The quantitative estimate of drug-likeness (QED) is 0.782. The molecule has 2 rings (SSSR count). The van der Waals surface area contributed by atoms with Crippen LogP contribution in [0.4, 0.5) is 0 Å². The van der Waals surface area contributed by atoms with Gasteiger partial charge in [-0.05, 0) is 23.6 Å². The van der Waals surface area contributed by atoms with Gasteiger partial charge in [0.2, 0.25) is 6.79 Å². The lowest BCUT2D eigenvalue weighted by atomic mass is 9.97. The first-order valence-electron chi connectivity index (χ1n) is 4.83. The van der Waals surface area contributed by atoms with E-state index in [0.717, 1.165) is 17.1 Å². The molecule has 1 heterocycles. The number of ether oxygens (including phenoxy) is 2. The van der Waals surface area contributed by atoms with Crippen LogP contribution in [0.3, 0.4) is 0 Å². The summed E-state index contributed by atoms with van der Waals surface area (Å²) < 4.78 is 10.5. The minimum Gasteiger partial charge on any atom is -0.454 e. The molecule has 0 amide bonds. The van der Waals surface area contributed by atoms with Crippen molar-refractivity contribution in [2.75, 3.05) is 6.79 Å². The van der Waals surface area contributed by atoms with E-state index in [1.165, 1.54) is 0 Å². The molecule has 0 bridgehead atoms. The zero-order valence-electron chi connectivity index (χ0n) is 8.49. The molecule has 1 atom stereocenters. The van der Waals surface area contributed by atoms with Crippen LogP contribution in [-0.4, -0.2) is 6.79 Å². The summed E-state index contributed by atoms with van der Waals surface area (Å²) in [7, 11) is 0. The summed E-state index contributed by atoms with van der Waals surface area (Å²) in [5.41, 5.74) is 7.14. The zero-order chi connectivity index (χ0) is 10.1. The van der Waals surface area contributed by atoms with Crippen molar-refractivity contribution in [3.05, 3.63) is 23.8 Å². The molecule has 3 nitrogen and oxygen atoms in total. The van der Waals surface area contributed by atoms with Gasteiger partial charge in [-0.1, -0.05) is 19.9 Å². The highest BCUT2D eigenvalue weighted by molar-refractivity contribution is 5.45. The number of hydrogen-bond donors (Lipinski definition) is 1. The van der Waals surface area contributed by atoms with E-state index in [1.54, 1.807) is 0 Å². The van der Waals surface area contributed by atoms with E-state index in [9.17, 15) is 0 Å². The van der Waals surface area contributed by atoms with Crippen molar-refractivity contribution in [1.82, 2.24) is 0 Å². The Morgan fingerprint density at radius 3 is 2.64 bits per heavy atom. The topological polar surface area (TPSA) is 44.5 Å². The highest BCUT2D eigenvalue weighted by atomic mass is 16.7. The number of rotatable bonds is 2. The van der Waals surface area contributed by atoms with Crippen molar-refractivity contribution in [1.29, 1.82) is 0 Å². The summed E-state index contributed by atoms with van der Waals surface area (Å²) in [5, 5.41) is 0. The van der Waals surface area contributed by atoms with Gasteiger partial charge in [0.25, 0.3) is 0 Å².